The zero-order chi connectivity index (χ0) is 4.62. The number of nitrogens with two attached hydrogens (primary N) is 1. The van der Waals surface area contributed by atoms with Crippen LogP contribution in [-0.4, -0.2) is 6.54 Å². The van der Waals surface area contributed by atoms with Gasteiger partial charge >= 0.3 is 0 Å². The maximum absolute atomic E-state index is 5.37. The first kappa shape index (κ1) is 7.25. The molecular weight excluding hydrogens is 110 g/mol. The van der Waals surface area contributed by atoms with Crippen molar-refractivity contribution in [2.24, 2.45) is 11.1 Å². The molecule has 0 unspecified atom stereocenters. The molecule has 1 aliphatic carbocycles. The highest BCUT2D eigenvalue weighted by Crippen LogP contribution is 2.43. The van der Waals surface area contributed by atoms with Gasteiger partial charge in [-0.25, -0.2) is 0 Å². The van der Waals surface area contributed by atoms with Crippen molar-refractivity contribution < 1.29 is 0 Å². The minimum Gasteiger partial charge on any atom is -0.330 e. The Morgan fingerprint density at radius 3 is 2.00 bits per heavy atom. The Morgan fingerprint density at radius 1 is 1.57 bits per heavy atom. The summed E-state index contributed by atoms with van der Waals surface area (Å²) in [5, 5.41) is 0. The number of hydrogen-bond acceptors (Lipinski definition) is 1. The lowest BCUT2D eigenvalue weighted by molar-refractivity contribution is 0.588. The molecule has 1 saturated carbocycles. The molecule has 0 radical (unpaired) electrons. The summed E-state index contributed by atoms with van der Waals surface area (Å²) < 4.78 is 0. The molecule has 0 aromatic rings. The lowest BCUT2D eigenvalue weighted by atomic mass is 10.2. The summed E-state index contributed by atoms with van der Waals surface area (Å²) in [5.74, 6) is 0. The van der Waals surface area contributed by atoms with E-state index in [1.807, 2.05) is 0 Å². The van der Waals surface area contributed by atoms with Crippen molar-refractivity contribution in [2.45, 2.75) is 19.8 Å². The predicted octanol–water partition coefficient (Wildman–Crippen LogP) is 1.17. The molecule has 0 aromatic heterocycles. The van der Waals surface area contributed by atoms with Gasteiger partial charge in [0, 0.05) is 0 Å². The van der Waals surface area contributed by atoms with Gasteiger partial charge < -0.3 is 5.73 Å². The van der Waals surface area contributed by atoms with Crippen molar-refractivity contribution in [3.8, 4) is 0 Å². The van der Waals surface area contributed by atoms with Crippen molar-refractivity contribution in [3.63, 3.8) is 0 Å². The number of rotatable bonds is 1. The average Bonchev–Trinajstić information content (AvgIpc) is 2.22. The Kier molecular flexibility index (Phi) is 2.09. The molecule has 2 heteroatoms. The third kappa shape index (κ3) is 1.66. The quantitative estimate of drug-likeness (QED) is 0.554. The Hall–Kier alpha value is 0.250. The SMILES string of the molecule is CC1(CN)CC1.Cl. The van der Waals surface area contributed by atoms with E-state index in [0.29, 0.717) is 5.41 Å². The smallest absolute Gasteiger partial charge is 0.00232 e. The standard InChI is InChI=1S/C5H11N.ClH/c1-5(4-6)2-3-5;/h2-4,6H2,1H3;1H. The van der Waals surface area contributed by atoms with E-state index in [9.17, 15) is 0 Å². The molecular formula is C5H12ClN. The van der Waals surface area contributed by atoms with Crippen LogP contribution in [0.4, 0.5) is 0 Å². The molecule has 2 N–H and O–H groups in total. The van der Waals surface area contributed by atoms with E-state index >= 15 is 0 Å². The summed E-state index contributed by atoms with van der Waals surface area (Å²) in [5.41, 5.74) is 5.94. The van der Waals surface area contributed by atoms with Crippen molar-refractivity contribution in [2.75, 3.05) is 6.54 Å². The van der Waals surface area contributed by atoms with Crippen LogP contribution in [0.2, 0.25) is 0 Å². The maximum atomic E-state index is 5.37. The van der Waals surface area contributed by atoms with Crippen LogP contribution in [0.3, 0.4) is 0 Å². The van der Waals surface area contributed by atoms with Gasteiger partial charge in [-0.05, 0) is 24.8 Å². The molecule has 0 saturated heterocycles. The van der Waals surface area contributed by atoms with Crippen molar-refractivity contribution in [1.82, 2.24) is 0 Å². The second-order valence-electron chi connectivity index (χ2n) is 2.51. The molecule has 1 aliphatic rings. The van der Waals surface area contributed by atoms with Gasteiger partial charge in [-0.3, -0.25) is 0 Å². The van der Waals surface area contributed by atoms with E-state index in [0.717, 1.165) is 6.54 Å². The summed E-state index contributed by atoms with van der Waals surface area (Å²) in [6, 6.07) is 0. The summed E-state index contributed by atoms with van der Waals surface area (Å²) in [6.07, 6.45) is 2.70. The highest BCUT2D eigenvalue weighted by molar-refractivity contribution is 5.85. The van der Waals surface area contributed by atoms with Crippen LogP contribution in [0.15, 0.2) is 0 Å². The van der Waals surface area contributed by atoms with Crippen LogP contribution >= 0.6 is 12.4 Å². The van der Waals surface area contributed by atoms with E-state index in [-0.39, 0.29) is 12.4 Å². The monoisotopic (exact) mass is 121 g/mol. The minimum atomic E-state index is 0. The fourth-order valence-electron chi connectivity index (χ4n) is 0.418. The van der Waals surface area contributed by atoms with Gasteiger partial charge in [-0.1, -0.05) is 6.92 Å². The summed E-state index contributed by atoms with van der Waals surface area (Å²) in [7, 11) is 0. The van der Waals surface area contributed by atoms with E-state index < -0.39 is 0 Å². The number of halogens is 1. The fraction of sp³-hybridized carbons (Fsp3) is 1.00. The Morgan fingerprint density at radius 2 is 2.00 bits per heavy atom. The van der Waals surface area contributed by atoms with E-state index in [2.05, 4.69) is 6.92 Å². The van der Waals surface area contributed by atoms with Gasteiger partial charge in [0.25, 0.3) is 0 Å². The van der Waals surface area contributed by atoms with Gasteiger partial charge in [-0.2, -0.15) is 0 Å². The summed E-state index contributed by atoms with van der Waals surface area (Å²) in [6.45, 7) is 3.11. The average molecular weight is 122 g/mol. The molecule has 0 spiro atoms. The molecule has 44 valence electrons. The van der Waals surface area contributed by atoms with Gasteiger partial charge in [-0.15, -0.1) is 12.4 Å². The highest BCUT2D eigenvalue weighted by Gasteiger charge is 2.34. The zero-order valence-corrected chi connectivity index (χ0v) is 5.42. The minimum absolute atomic E-state index is 0. The van der Waals surface area contributed by atoms with Crippen molar-refractivity contribution in [3.05, 3.63) is 0 Å². The molecule has 0 bridgehead atoms. The van der Waals surface area contributed by atoms with Crippen LogP contribution in [0.1, 0.15) is 19.8 Å². The first-order chi connectivity index (χ1) is 2.77. The van der Waals surface area contributed by atoms with Gasteiger partial charge in [0.2, 0.25) is 0 Å². The molecule has 0 aliphatic heterocycles. The summed E-state index contributed by atoms with van der Waals surface area (Å²) in [4.78, 5) is 0. The molecule has 7 heavy (non-hydrogen) atoms. The second kappa shape index (κ2) is 2.01. The molecule has 0 atom stereocenters. The maximum Gasteiger partial charge on any atom is -0.00232 e. The van der Waals surface area contributed by atoms with E-state index in [4.69, 9.17) is 5.73 Å². The third-order valence-electron chi connectivity index (χ3n) is 1.60. The first-order valence-electron chi connectivity index (χ1n) is 2.47. The molecule has 1 fully saturated rings. The molecule has 1 nitrogen and oxygen atoms in total. The Labute approximate surface area is 50.7 Å². The van der Waals surface area contributed by atoms with Gasteiger partial charge in [0.1, 0.15) is 0 Å². The van der Waals surface area contributed by atoms with E-state index in [1.54, 1.807) is 0 Å². The molecule has 0 heterocycles. The van der Waals surface area contributed by atoms with Crippen LogP contribution in [0.25, 0.3) is 0 Å². The van der Waals surface area contributed by atoms with Crippen molar-refractivity contribution in [1.29, 1.82) is 0 Å². The van der Waals surface area contributed by atoms with Crippen LogP contribution in [0.5, 0.6) is 0 Å². The summed E-state index contributed by atoms with van der Waals surface area (Å²) >= 11 is 0. The normalized spacial score (nSPS) is 23.1. The van der Waals surface area contributed by atoms with Crippen LogP contribution in [-0.2, 0) is 0 Å². The Bertz CT molecular complexity index is 59.1. The molecule has 0 amide bonds. The van der Waals surface area contributed by atoms with E-state index in [1.165, 1.54) is 12.8 Å². The first-order valence-corrected chi connectivity index (χ1v) is 2.47. The lowest BCUT2D eigenvalue weighted by Gasteiger charge is -1.97. The van der Waals surface area contributed by atoms with Crippen LogP contribution < -0.4 is 5.73 Å². The van der Waals surface area contributed by atoms with Gasteiger partial charge in [0.15, 0.2) is 0 Å². The lowest BCUT2D eigenvalue weighted by Crippen LogP contribution is -2.10. The Balaban J connectivity index is 0.000000360. The molecule has 1 rings (SSSR count). The van der Waals surface area contributed by atoms with Crippen LogP contribution in [0, 0.1) is 5.41 Å². The van der Waals surface area contributed by atoms with Gasteiger partial charge in [0.05, 0.1) is 0 Å². The highest BCUT2D eigenvalue weighted by atomic mass is 35.5. The topological polar surface area (TPSA) is 26.0 Å². The third-order valence-corrected chi connectivity index (χ3v) is 1.60. The number of hydrogen-bond donors (Lipinski definition) is 1. The van der Waals surface area contributed by atoms with Crippen molar-refractivity contribution >= 4 is 12.4 Å². The zero-order valence-electron chi connectivity index (χ0n) is 4.61. The molecule has 0 aromatic carbocycles. The fourth-order valence-corrected chi connectivity index (χ4v) is 0.418. The largest absolute Gasteiger partial charge is 0.330 e. The predicted molar refractivity (Wildman–Crippen MR) is 33.6 cm³/mol. The second-order valence-corrected chi connectivity index (χ2v) is 2.51.